The number of nitrogens with zero attached hydrogens (tertiary/aromatic N) is 2. The van der Waals surface area contributed by atoms with Gasteiger partial charge in [0.2, 0.25) is 0 Å². The quantitative estimate of drug-likeness (QED) is 0.833. The monoisotopic (exact) mass is 416 g/mol. The van der Waals surface area contributed by atoms with Crippen molar-refractivity contribution in [2.45, 2.75) is 18.3 Å². The maximum absolute atomic E-state index is 13.0. The number of rotatable bonds is 3. The van der Waals surface area contributed by atoms with Crippen molar-refractivity contribution in [1.29, 1.82) is 0 Å². The number of hydrazone groups is 1. The molecule has 1 N–H and O–H groups in total. The molecule has 0 spiro atoms. The smallest absolute Gasteiger partial charge is 0.438 e. The fraction of sp³-hybridized carbons (Fsp3) is 0.250. The van der Waals surface area contributed by atoms with Crippen LogP contribution in [0, 0.1) is 0 Å². The molecular formula is C16H12BrF3N2O3. The number of carbonyl (C=O) groups is 1. The van der Waals surface area contributed by atoms with Gasteiger partial charge in [-0.2, -0.15) is 23.3 Å². The first-order valence-corrected chi connectivity index (χ1v) is 7.97. The zero-order valence-electron chi connectivity index (χ0n) is 12.6. The average Bonchev–Trinajstić information content (AvgIpc) is 2.95. The molecule has 0 fully saturated rings. The molecule has 0 saturated carbocycles. The van der Waals surface area contributed by atoms with Crippen LogP contribution in [0.2, 0.25) is 0 Å². The number of carbonyl (C=O) groups excluding carboxylic acids is 1. The maximum Gasteiger partial charge on any atom is 0.438 e. The Hall–Kier alpha value is -2.13. The molecule has 0 aromatic heterocycles. The molecule has 1 aliphatic rings. The van der Waals surface area contributed by atoms with E-state index in [4.69, 9.17) is 4.74 Å². The van der Waals surface area contributed by atoms with Gasteiger partial charge in [-0.3, -0.25) is 4.79 Å². The van der Waals surface area contributed by atoms with Crippen molar-refractivity contribution in [1.82, 2.24) is 5.01 Å². The molecule has 0 saturated heterocycles. The number of ether oxygens (including phenoxy) is 1. The number of halogens is 4. The van der Waals surface area contributed by atoms with E-state index in [1.807, 2.05) is 18.2 Å². The van der Waals surface area contributed by atoms with Crippen LogP contribution in [-0.4, -0.2) is 40.7 Å². The van der Waals surface area contributed by atoms with Crippen LogP contribution in [0.15, 0.2) is 46.0 Å². The SMILES string of the molecule is O=C(COc1ccc2cc(Br)ccc2c1)N1N=CCC1(O)C(F)(F)F. The lowest BCUT2D eigenvalue weighted by atomic mass is 10.1. The fourth-order valence-corrected chi connectivity index (χ4v) is 2.81. The minimum atomic E-state index is -5.02. The Balaban J connectivity index is 1.72. The first kappa shape index (κ1) is 17.7. The minimum Gasteiger partial charge on any atom is -0.484 e. The lowest BCUT2D eigenvalue weighted by molar-refractivity contribution is -0.302. The summed E-state index contributed by atoms with van der Waals surface area (Å²) in [5.41, 5.74) is -3.33. The molecule has 0 radical (unpaired) electrons. The number of aliphatic hydroxyl groups is 1. The standard InChI is InChI=1S/C16H12BrF3N2O3/c17-12-3-1-11-8-13(4-2-10(11)7-12)25-9-14(23)22-15(24,5-6-21-22)16(18,19)20/h1-4,6-8,24H,5,9H2. The Morgan fingerprint density at radius 1 is 1.28 bits per heavy atom. The summed E-state index contributed by atoms with van der Waals surface area (Å²) in [6, 6.07) is 10.6. The molecule has 9 heteroatoms. The summed E-state index contributed by atoms with van der Waals surface area (Å²) in [7, 11) is 0. The second-order valence-corrected chi connectivity index (χ2v) is 6.38. The first-order chi connectivity index (χ1) is 11.7. The second kappa shape index (κ2) is 6.30. The Bertz CT molecular complexity index is 856. The first-order valence-electron chi connectivity index (χ1n) is 7.17. The predicted molar refractivity (Wildman–Crippen MR) is 88.1 cm³/mol. The maximum atomic E-state index is 13.0. The highest BCUT2D eigenvalue weighted by atomic mass is 79.9. The van der Waals surface area contributed by atoms with Crippen molar-refractivity contribution in [2.24, 2.45) is 5.10 Å². The van der Waals surface area contributed by atoms with Gasteiger partial charge in [-0.1, -0.05) is 28.1 Å². The van der Waals surface area contributed by atoms with Gasteiger partial charge in [-0.15, -0.1) is 0 Å². The van der Waals surface area contributed by atoms with Gasteiger partial charge in [0, 0.05) is 17.1 Å². The number of amides is 1. The lowest BCUT2D eigenvalue weighted by Gasteiger charge is -2.32. The second-order valence-electron chi connectivity index (χ2n) is 5.46. The highest BCUT2D eigenvalue weighted by Gasteiger charge is 2.61. The van der Waals surface area contributed by atoms with Gasteiger partial charge in [0.15, 0.2) is 6.61 Å². The number of hydrogen-bond donors (Lipinski definition) is 1. The highest BCUT2D eigenvalue weighted by Crippen LogP contribution is 2.38. The van der Waals surface area contributed by atoms with E-state index >= 15 is 0 Å². The van der Waals surface area contributed by atoms with Crippen molar-refractivity contribution in [3.8, 4) is 5.75 Å². The van der Waals surface area contributed by atoms with E-state index in [9.17, 15) is 23.1 Å². The summed E-state index contributed by atoms with van der Waals surface area (Å²) < 4.78 is 45.0. The van der Waals surface area contributed by atoms with Crippen LogP contribution in [0.4, 0.5) is 13.2 Å². The number of hydrogen-bond acceptors (Lipinski definition) is 4. The van der Waals surface area contributed by atoms with E-state index < -0.39 is 30.8 Å². The van der Waals surface area contributed by atoms with Gasteiger partial charge in [0.25, 0.3) is 11.6 Å². The van der Waals surface area contributed by atoms with E-state index in [2.05, 4.69) is 21.0 Å². The van der Waals surface area contributed by atoms with E-state index in [1.165, 1.54) is 0 Å². The van der Waals surface area contributed by atoms with Gasteiger partial charge in [-0.05, 0) is 35.0 Å². The molecule has 1 atom stereocenters. The van der Waals surface area contributed by atoms with Crippen LogP contribution in [0.5, 0.6) is 5.75 Å². The molecule has 2 aromatic rings. The molecule has 5 nitrogen and oxygen atoms in total. The molecule has 132 valence electrons. The normalized spacial score (nSPS) is 20.3. The molecule has 1 aliphatic heterocycles. The zero-order chi connectivity index (χ0) is 18.2. The van der Waals surface area contributed by atoms with Crippen molar-refractivity contribution in [2.75, 3.05) is 6.61 Å². The van der Waals surface area contributed by atoms with E-state index in [0.29, 0.717) is 5.75 Å². The Labute approximate surface area is 148 Å². The molecular weight excluding hydrogens is 405 g/mol. The van der Waals surface area contributed by atoms with E-state index in [-0.39, 0.29) is 5.01 Å². The Morgan fingerprint density at radius 3 is 2.68 bits per heavy atom. The molecule has 1 unspecified atom stereocenters. The fourth-order valence-electron chi connectivity index (χ4n) is 2.43. The average molecular weight is 417 g/mol. The molecule has 3 rings (SSSR count). The molecule has 0 bridgehead atoms. The van der Waals surface area contributed by atoms with Crippen LogP contribution >= 0.6 is 15.9 Å². The van der Waals surface area contributed by atoms with Crippen LogP contribution in [0.1, 0.15) is 6.42 Å². The number of alkyl halides is 3. The molecule has 2 aromatic carbocycles. The summed E-state index contributed by atoms with van der Waals surface area (Å²) in [5.74, 6) is -0.772. The number of fused-ring (bicyclic) bond motifs is 1. The van der Waals surface area contributed by atoms with Crippen LogP contribution in [-0.2, 0) is 4.79 Å². The van der Waals surface area contributed by atoms with Crippen LogP contribution in [0.3, 0.4) is 0 Å². The third-order valence-electron chi connectivity index (χ3n) is 3.75. The van der Waals surface area contributed by atoms with Crippen molar-refractivity contribution < 1.29 is 27.8 Å². The molecule has 1 heterocycles. The Morgan fingerprint density at radius 2 is 1.96 bits per heavy atom. The summed E-state index contributed by atoms with van der Waals surface area (Å²) in [5, 5.41) is 14.8. The largest absolute Gasteiger partial charge is 0.484 e. The summed E-state index contributed by atoms with van der Waals surface area (Å²) >= 11 is 3.35. The molecule has 1 amide bonds. The van der Waals surface area contributed by atoms with Crippen molar-refractivity contribution in [3.63, 3.8) is 0 Å². The predicted octanol–water partition coefficient (Wildman–Crippen LogP) is 3.45. The van der Waals surface area contributed by atoms with Crippen LogP contribution < -0.4 is 4.74 Å². The van der Waals surface area contributed by atoms with E-state index in [0.717, 1.165) is 21.5 Å². The third-order valence-corrected chi connectivity index (χ3v) is 4.24. The Kier molecular flexibility index (Phi) is 4.46. The molecule has 0 aliphatic carbocycles. The molecule has 25 heavy (non-hydrogen) atoms. The van der Waals surface area contributed by atoms with Crippen molar-refractivity contribution >= 4 is 38.8 Å². The van der Waals surface area contributed by atoms with Gasteiger partial charge in [0.1, 0.15) is 5.75 Å². The van der Waals surface area contributed by atoms with Gasteiger partial charge in [0.05, 0.1) is 0 Å². The van der Waals surface area contributed by atoms with Gasteiger partial charge >= 0.3 is 6.18 Å². The summed E-state index contributed by atoms with van der Waals surface area (Å²) in [6.07, 6.45) is -4.98. The lowest BCUT2D eigenvalue weighted by Crippen LogP contribution is -2.57. The van der Waals surface area contributed by atoms with Crippen LogP contribution in [0.25, 0.3) is 10.8 Å². The highest BCUT2D eigenvalue weighted by molar-refractivity contribution is 9.10. The third kappa shape index (κ3) is 3.34. The van der Waals surface area contributed by atoms with Gasteiger partial charge < -0.3 is 9.84 Å². The zero-order valence-corrected chi connectivity index (χ0v) is 14.2. The van der Waals surface area contributed by atoms with Gasteiger partial charge in [-0.25, -0.2) is 0 Å². The van der Waals surface area contributed by atoms with E-state index in [1.54, 1.807) is 18.2 Å². The number of benzene rings is 2. The summed E-state index contributed by atoms with van der Waals surface area (Å²) in [4.78, 5) is 12.0. The van der Waals surface area contributed by atoms with Crippen molar-refractivity contribution in [3.05, 3.63) is 40.9 Å². The summed E-state index contributed by atoms with van der Waals surface area (Å²) in [6.45, 7) is -0.683. The topological polar surface area (TPSA) is 62.1 Å². The minimum absolute atomic E-state index is 0.0190.